The van der Waals surface area contributed by atoms with E-state index in [1.165, 1.54) is 0 Å². The van der Waals surface area contributed by atoms with Gasteiger partial charge in [-0.25, -0.2) is 0 Å². The summed E-state index contributed by atoms with van der Waals surface area (Å²) in [7, 11) is 0. The number of aliphatic carboxylic acids is 1. The number of amides is 2. The lowest BCUT2D eigenvalue weighted by Crippen LogP contribution is -2.18. The van der Waals surface area contributed by atoms with Crippen LogP contribution in [0.3, 0.4) is 0 Å². The van der Waals surface area contributed by atoms with Crippen LogP contribution in [-0.4, -0.2) is 22.9 Å². The summed E-state index contributed by atoms with van der Waals surface area (Å²) in [6, 6.07) is 11.8. The molecule has 136 valence electrons. The number of halogens is 1. The van der Waals surface area contributed by atoms with Crippen molar-refractivity contribution in [3.8, 4) is 0 Å². The molecule has 2 rings (SSSR count). The van der Waals surface area contributed by atoms with Crippen LogP contribution >= 0.6 is 11.6 Å². The third kappa shape index (κ3) is 5.60. The van der Waals surface area contributed by atoms with Gasteiger partial charge in [-0.2, -0.15) is 0 Å². The second-order valence-electron chi connectivity index (χ2n) is 5.75. The van der Waals surface area contributed by atoms with E-state index < -0.39 is 5.97 Å². The second kappa shape index (κ2) is 9.01. The molecule has 0 aliphatic rings. The van der Waals surface area contributed by atoms with Gasteiger partial charge in [0.05, 0.1) is 11.3 Å². The zero-order valence-corrected chi connectivity index (χ0v) is 15.0. The van der Waals surface area contributed by atoms with Gasteiger partial charge in [0.1, 0.15) is 0 Å². The highest BCUT2D eigenvalue weighted by atomic mass is 35.5. The smallest absolute Gasteiger partial charge is 0.303 e. The standard InChI is InChI=1S/C19H19ClN2O4/c1-12-9-10-13(20)11-16(12)22-19(26)14-5-2-3-6-15(14)21-17(23)7-4-8-18(24)25/h2-3,5-6,9-11H,4,7-8H2,1H3,(H,21,23)(H,22,26)(H,24,25). The SMILES string of the molecule is Cc1ccc(Cl)cc1NC(=O)c1ccccc1NC(=O)CCCC(=O)O. The van der Waals surface area contributed by atoms with Crippen molar-refractivity contribution in [1.29, 1.82) is 0 Å². The Labute approximate surface area is 156 Å². The van der Waals surface area contributed by atoms with Gasteiger partial charge in [0.25, 0.3) is 5.91 Å². The summed E-state index contributed by atoms with van der Waals surface area (Å²) in [4.78, 5) is 35.1. The van der Waals surface area contributed by atoms with Gasteiger partial charge in [-0.05, 0) is 43.2 Å². The molecule has 0 aliphatic carbocycles. The van der Waals surface area contributed by atoms with E-state index in [2.05, 4.69) is 10.6 Å². The van der Waals surface area contributed by atoms with E-state index in [1.807, 2.05) is 6.92 Å². The Kier molecular flexibility index (Phi) is 6.74. The minimum atomic E-state index is -0.950. The maximum Gasteiger partial charge on any atom is 0.303 e. The van der Waals surface area contributed by atoms with Crippen molar-refractivity contribution in [3.63, 3.8) is 0 Å². The zero-order valence-electron chi connectivity index (χ0n) is 14.2. The molecule has 2 aromatic rings. The van der Waals surface area contributed by atoms with Crippen LogP contribution < -0.4 is 10.6 Å². The van der Waals surface area contributed by atoms with Crippen molar-refractivity contribution in [2.24, 2.45) is 0 Å². The molecule has 3 N–H and O–H groups in total. The third-order valence-corrected chi connectivity index (χ3v) is 3.92. The average molecular weight is 375 g/mol. The van der Waals surface area contributed by atoms with Crippen LogP contribution in [0.25, 0.3) is 0 Å². The highest BCUT2D eigenvalue weighted by molar-refractivity contribution is 6.31. The number of nitrogens with one attached hydrogen (secondary N) is 2. The number of carboxylic acids is 1. The lowest BCUT2D eigenvalue weighted by Gasteiger charge is -2.13. The summed E-state index contributed by atoms with van der Waals surface area (Å²) >= 11 is 5.97. The summed E-state index contributed by atoms with van der Waals surface area (Å²) in [6.07, 6.45) is 0.219. The Hall–Kier alpha value is -2.86. The molecule has 0 aromatic heterocycles. The number of carboxylic acid groups (broad SMARTS) is 1. The summed E-state index contributed by atoms with van der Waals surface area (Å²) < 4.78 is 0. The predicted octanol–water partition coefficient (Wildman–Crippen LogP) is 4.09. The van der Waals surface area contributed by atoms with Gasteiger partial charge in [-0.1, -0.05) is 29.8 Å². The molecule has 7 heteroatoms. The zero-order chi connectivity index (χ0) is 19.1. The highest BCUT2D eigenvalue weighted by Gasteiger charge is 2.14. The first-order valence-electron chi connectivity index (χ1n) is 8.05. The van der Waals surface area contributed by atoms with Crippen molar-refractivity contribution >= 4 is 40.8 Å². The van der Waals surface area contributed by atoms with Gasteiger partial charge in [-0.15, -0.1) is 0 Å². The van der Waals surface area contributed by atoms with Crippen molar-refractivity contribution < 1.29 is 19.5 Å². The molecule has 0 unspecified atom stereocenters. The van der Waals surface area contributed by atoms with E-state index in [1.54, 1.807) is 42.5 Å². The quantitative estimate of drug-likeness (QED) is 0.680. The maximum atomic E-state index is 12.6. The van der Waals surface area contributed by atoms with Gasteiger partial charge in [-0.3, -0.25) is 14.4 Å². The molecule has 2 aromatic carbocycles. The fourth-order valence-electron chi connectivity index (χ4n) is 2.32. The van der Waals surface area contributed by atoms with E-state index in [4.69, 9.17) is 16.7 Å². The number of anilines is 2. The number of para-hydroxylation sites is 1. The molecule has 0 heterocycles. The first-order chi connectivity index (χ1) is 12.4. The molecule has 0 spiro atoms. The van der Waals surface area contributed by atoms with E-state index in [-0.39, 0.29) is 31.1 Å². The Morgan fingerprint density at radius 2 is 1.73 bits per heavy atom. The van der Waals surface area contributed by atoms with Crippen LogP contribution in [0, 0.1) is 6.92 Å². The number of carbonyl (C=O) groups excluding carboxylic acids is 2. The predicted molar refractivity (Wildman–Crippen MR) is 101 cm³/mol. The molecule has 6 nitrogen and oxygen atoms in total. The Morgan fingerprint density at radius 3 is 2.46 bits per heavy atom. The lowest BCUT2D eigenvalue weighted by molar-refractivity contribution is -0.137. The van der Waals surface area contributed by atoms with Crippen molar-refractivity contribution in [2.75, 3.05) is 10.6 Å². The Balaban J connectivity index is 2.10. The van der Waals surface area contributed by atoms with Crippen LogP contribution in [0.4, 0.5) is 11.4 Å². The average Bonchev–Trinajstić information content (AvgIpc) is 2.58. The van der Waals surface area contributed by atoms with Crippen molar-refractivity contribution in [1.82, 2.24) is 0 Å². The number of benzene rings is 2. The van der Waals surface area contributed by atoms with Crippen LogP contribution in [0.1, 0.15) is 35.2 Å². The van der Waals surface area contributed by atoms with Gasteiger partial charge >= 0.3 is 5.97 Å². The van der Waals surface area contributed by atoms with Gasteiger partial charge in [0.15, 0.2) is 0 Å². The third-order valence-electron chi connectivity index (χ3n) is 3.69. The van der Waals surface area contributed by atoms with E-state index in [9.17, 15) is 14.4 Å². The number of carbonyl (C=O) groups is 3. The molecule has 0 atom stereocenters. The van der Waals surface area contributed by atoms with Crippen LogP contribution in [-0.2, 0) is 9.59 Å². The number of hydrogen-bond donors (Lipinski definition) is 3. The van der Waals surface area contributed by atoms with E-state index in [0.29, 0.717) is 22.0 Å². The molecule has 2 amide bonds. The Morgan fingerprint density at radius 1 is 1.00 bits per heavy atom. The molecule has 0 saturated heterocycles. The van der Waals surface area contributed by atoms with Crippen molar-refractivity contribution in [2.45, 2.75) is 26.2 Å². The molecule has 0 aliphatic heterocycles. The van der Waals surface area contributed by atoms with Crippen LogP contribution in [0.15, 0.2) is 42.5 Å². The second-order valence-corrected chi connectivity index (χ2v) is 6.19. The van der Waals surface area contributed by atoms with Crippen LogP contribution in [0.2, 0.25) is 5.02 Å². The van der Waals surface area contributed by atoms with E-state index >= 15 is 0 Å². The largest absolute Gasteiger partial charge is 0.481 e. The minimum absolute atomic E-state index is 0.0651. The normalized spacial score (nSPS) is 10.2. The van der Waals surface area contributed by atoms with Gasteiger partial charge in [0, 0.05) is 23.6 Å². The summed E-state index contributed by atoms with van der Waals surface area (Å²) in [5.41, 5.74) is 2.12. The lowest BCUT2D eigenvalue weighted by atomic mass is 10.1. The van der Waals surface area contributed by atoms with Gasteiger partial charge < -0.3 is 15.7 Å². The minimum Gasteiger partial charge on any atom is -0.481 e. The van der Waals surface area contributed by atoms with Crippen LogP contribution in [0.5, 0.6) is 0 Å². The molecular weight excluding hydrogens is 356 g/mol. The fraction of sp³-hybridized carbons (Fsp3) is 0.211. The van der Waals surface area contributed by atoms with E-state index in [0.717, 1.165) is 5.56 Å². The number of rotatable bonds is 7. The first kappa shape index (κ1) is 19.5. The number of aryl methyl sites for hydroxylation is 1. The molecule has 0 radical (unpaired) electrons. The number of hydrogen-bond acceptors (Lipinski definition) is 3. The molecule has 26 heavy (non-hydrogen) atoms. The van der Waals surface area contributed by atoms with Crippen molar-refractivity contribution in [3.05, 3.63) is 58.6 Å². The molecular formula is C19H19ClN2O4. The summed E-state index contributed by atoms with van der Waals surface area (Å²) in [5, 5.41) is 14.6. The topological polar surface area (TPSA) is 95.5 Å². The fourth-order valence-corrected chi connectivity index (χ4v) is 2.49. The molecule has 0 fully saturated rings. The Bertz CT molecular complexity index is 836. The summed E-state index contributed by atoms with van der Waals surface area (Å²) in [6.45, 7) is 1.85. The maximum absolute atomic E-state index is 12.6. The first-order valence-corrected chi connectivity index (χ1v) is 8.43. The molecule has 0 saturated carbocycles. The van der Waals surface area contributed by atoms with Gasteiger partial charge in [0.2, 0.25) is 5.91 Å². The highest BCUT2D eigenvalue weighted by Crippen LogP contribution is 2.23. The molecule has 0 bridgehead atoms. The monoisotopic (exact) mass is 374 g/mol. The summed E-state index contributed by atoms with van der Waals surface area (Å²) in [5.74, 6) is -1.67.